The summed E-state index contributed by atoms with van der Waals surface area (Å²) >= 11 is 0. The Morgan fingerprint density at radius 2 is 1.93 bits per heavy atom. The monoisotopic (exact) mass is 413 g/mol. The summed E-state index contributed by atoms with van der Waals surface area (Å²) in [6, 6.07) is 3.56. The molecule has 2 aromatic heterocycles. The molecule has 29 heavy (non-hydrogen) atoms. The second-order valence-electron chi connectivity index (χ2n) is 6.45. The number of aromatic nitrogens is 3. The minimum Gasteiger partial charge on any atom is -0.444 e. The molecule has 0 radical (unpaired) electrons. The Kier molecular flexibility index (Phi) is 5.82. The van der Waals surface area contributed by atoms with Crippen LogP contribution in [0, 0.1) is 0 Å². The Morgan fingerprint density at radius 3 is 2.55 bits per heavy atom. The minimum atomic E-state index is -4.54. The van der Waals surface area contributed by atoms with Crippen LogP contribution in [-0.2, 0) is 22.3 Å². The summed E-state index contributed by atoms with van der Waals surface area (Å²) < 4.78 is 57.3. The highest BCUT2D eigenvalue weighted by molar-refractivity contribution is 5.82. The van der Waals surface area contributed by atoms with Crippen molar-refractivity contribution in [3.63, 3.8) is 0 Å². The summed E-state index contributed by atoms with van der Waals surface area (Å²) in [4.78, 5) is 34.9. The molecule has 0 saturated carbocycles. The van der Waals surface area contributed by atoms with Gasteiger partial charge in [0.2, 0.25) is 5.91 Å². The molecule has 0 aliphatic carbocycles. The number of ether oxygens (including phenoxy) is 1. The Labute approximate surface area is 167 Å². The van der Waals surface area contributed by atoms with Crippen molar-refractivity contribution in [2.75, 3.05) is 6.54 Å². The first kappa shape index (κ1) is 19.1. The van der Waals surface area contributed by atoms with Crippen molar-refractivity contribution >= 4 is 12.0 Å². The van der Waals surface area contributed by atoms with Gasteiger partial charge in [0.15, 0.2) is 0 Å². The molecule has 0 aliphatic heterocycles. The van der Waals surface area contributed by atoms with Crippen LogP contribution in [0.1, 0.15) is 34.9 Å². The normalized spacial score (nSPS) is 12.8. The molecule has 0 unspecified atom stereocenters. The molecular formula is C18H20F3N5O3. The molecule has 0 spiro atoms. The third-order valence-electron chi connectivity index (χ3n) is 3.29. The zero-order chi connectivity index (χ0) is 23.2. The van der Waals surface area contributed by atoms with E-state index < -0.39 is 42.9 Å². The quantitative estimate of drug-likeness (QED) is 0.781. The smallest absolute Gasteiger partial charge is 0.433 e. The van der Waals surface area contributed by atoms with Gasteiger partial charge in [-0.25, -0.2) is 14.8 Å². The number of carbonyl (C=O) groups excluding carboxylic acids is 2. The van der Waals surface area contributed by atoms with Crippen LogP contribution in [0.2, 0.25) is 0 Å². The van der Waals surface area contributed by atoms with Gasteiger partial charge in [0.25, 0.3) is 0 Å². The summed E-state index contributed by atoms with van der Waals surface area (Å²) in [6.45, 7) is 0.966. The number of alkyl halides is 3. The molecule has 2 rings (SSSR count). The molecule has 11 heteroatoms. The van der Waals surface area contributed by atoms with Crippen LogP contribution in [-0.4, -0.2) is 39.1 Å². The molecule has 0 atom stereocenters. The fourth-order valence-corrected chi connectivity index (χ4v) is 2.04. The van der Waals surface area contributed by atoms with Gasteiger partial charge >= 0.3 is 12.3 Å². The van der Waals surface area contributed by atoms with E-state index in [1.807, 2.05) is 0 Å². The molecule has 0 aliphatic rings. The van der Waals surface area contributed by atoms with E-state index in [2.05, 4.69) is 25.6 Å². The van der Waals surface area contributed by atoms with Gasteiger partial charge in [-0.2, -0.15) is 13.2 Å². The second-order valence-corrected chi connectivity index (χ2v) is 6.45. The number of hydrogen-bond acceptors (Lipinski definition) is 6. The Hall–Kier alpha value is -3.24. The number of amides is 2. The molecule has 8 nitrogen and oxygen atoms in total. The van der Waals surface area contributed by atoms with Gasteiger partial charge in [0.05, 0.1) is 17.9 Å². The summed E-state index contributed by atoms with van der Waals surface area (Å²) in [5.41, 5.74) is -1.31. The summed E-state index contributed by atoms with van der Waals surface area (Å²) in [5.74, 6) is -0.556. The topological polar surface area (TPSA) is 106 Å². The zero-order valence-electron chi connectivity index (χ0n) is 17.6. The molecule has 0 bridgehead atoms. The third-order valence-corrected chi connectivity index (χ3v) is 3.29. The number of alkyl carbamates (subject to hydrolysis) is 1. The third kappa shape index (κ3) is 7.35. The number of nitrogens with one attached hydrogen (secondary N) is 2. The number of carbonyl (C=O) groups is 2. The van der Waals surface area contributed by atoms with E-state index in [4.69, 9.17) is 7.48 Å². The molecular weight excluding hydrogens is 391 g/mol. The van der Waals surface area contributed by atoms with E-state index in [1.54, 1.807) is 0 Å². The van der Waals surface area contributed by atoms with Crippen molar-refractivity contribution < 1.29 is 30.2 Å². The van der Waals surface area contributed by atoms with Crippen LogP contribution in [0.4, 0.5) is 18.0 Å². The van der Waals surface area contributed by atoms with Gasteiger partial charge in [-0.15, -0.1) is 0 Å². The van der Waals surface area contributed by atoms with Gasteiger partial charge < -0.3 is 15.4 Å². The maximum Gasteiger partial charge on any atom is 0.433 e. The fourth-order valence-electron chi connectivity index (χ4n) is 2.04. The van der Waals surface area contributed by atoms with Crippen molar-refractivity contribution in [3.05, 3.63) is 42.1 Å². The molecule has 2 N–H and O–H groups in total. The number of halogens is 3. The van der Waals surface area contributed by atoms with E-state index in [0.29, 0.717) is 17.0 Å². The minimum absolute atomic E-state index is 0.0217. The molecule has 2 amide bonds. The number of nitrogens with zero attached hydrogens (tertiary/aromatic N) is 3. The van der Waals surface area contributed by atoms with E-state index in [9.17, 15) is 22.8 Å². The van der Waals surface area contributed by atoms with E-state index in [0.717, 1.165) is 12.3 Å². The Balaban J connectivity index is 1.89. The highest BCUT2D eigenvalue weighted by Gasteiger charge is 2.32. The molecule has 156 valence electrons. The second kappa shape index (κ2) is 8.84. The van der Waals surface area contributed by atoms with Crippen LogP contribution >= 0.6 is 0 Å². The fraction of sp³-hybridized carbons (Fsp3) is 0.389. The predicted octanol–water partition coefficient (Wildman–Crippen LogP) is 2.70. The maximum atomic E-state index is 12.6. The average molecular weight is 413 g/mol. The van der Waals surface area contributed by atoms with E-state index >= 15 is 0 Å². The Morgan fingerprint density at radius 1 is 1.17 bits per heavy atom. The summed E-state index contributed by atoms with van der Waals surface area (Å²) in [7, 11) is 0. The van der Waals surface area contributed by atoms with Crippen LogP contribution in [0.3, 0.4) is 0 Å². The maximum absolute atomic E-state index is 12.6. The van der Waals surface area contributed by atoms with E-state index in [-0.39, 0.29) is 6.54 Å². The Bertz CT molecular complexity index is 924. The van der Waals surface area contributed by atoms with Gasteiger partial charge in [-0.3, -0.25) is 9.78 Å². The van der Waals surface area contributed by atoms with Crippen LogP contribution in [0.25, 0.3) is 11.3 Å². The summed E-state index contributed by atoms with van der Waals surface area (Å²) in [5, 5.41) is 4.72. The van der Waals surface area contributed by atoms with Crippen LogP contribution < -0.4 is 10.6 Å². The number of hydrogen-bond donors (Lipinski definition) is 2. The lowest BCUT2D eigenvalue weighted by Crippen LogP contribution is -2.39. The van der Waals surface area contributed by atoms with Crippen LogP contribution in [0.15, 0.2) is 30.7 Å². The highest BCUT2D eigenvalue weighted by Crippen LogP contribution is 2.28. The lowest BCUT2D eigenvalue weighted by Gasteiger charge is -2.19. The van der Waals surface area contributed by atoms with Gasteiger partial charge in [0.1, 0.15) is 24.2 Å². The van der Waals surface area contributed by atoms with Crippen molar-refractivity contribution in [2.24, 2.45) is 0 Å². The first-order chi connectivity index (χ1) is 14.4. The predicted molar refractivity (Wildman–Crippen MR) is 96.3 cm³/mol. The summed E-state index contributed by atoms with van der Waals surface area (Å²) in [6.07, 6.45) is -3.24. The van der Waals surface area contributed by atoms with Gasteiger partial charge in [0, 0.05) is 14.5 Å². The molecule has 0 aromatic carbocycles. The lowest BCUT2D eigenvalue weighted by molar-refractivity contribution is -0.141. The largest absolute Gasteiger partial charge is 0.444 e. The standard InChI is InChI=1S/C18H20F3N5O3/c1-17(2,3)29-16(28)24-9-15(27)23-8-12-6-13(26-10-25-12)11-4-5-14(22-7-11)18(19,20)21/h4-7,10H,8-9H2,1-3H3,(H,23,27)(H,24,28)/i1D2. The average Bonchev–Trinajstić information content (AvgIpc) is 2.70. The van der Waals surface area contributed by atoms with Crippen molar-refractivity contribution in [2.45, 2.75) is 39.0 Å². The van der Waals surface area contributed by atoms with Crippen LogP contribution in [0.5, 0.6) is 0 Å². The zero-order valence-corrected chi connectivity index (χ0v) is 15.6. The van der Waals surface area contributed by atoms with Crippen molar-refractivity contribution in [3.8, 4) is 11.3 Å². The highest BCUT2D eigenvalue weighted by atomic mass is 19.4. The first-order valence-corrected chi connectivity index (χ1v) is 8.31. The van der Waals surface area contributed by atoms with Gasteiger partial charge in [-0.05, 0) is 38.9 Å². The van der Waals surface area contributed by atoms with E-state index in [1.165, 1.54) is 32.3 Å². The number of rotatable bonds is 5. The SMILES string of the molecule is [2H]C([2H])C(C)(C)OC(=O)NCC(=O)NCc1cc(-c2ccc(C(F)(F)F)nc2)ncn1. The first-order valence-electron chi connectivity index (χ1n) is 9.46. The molecule has 0 saturated heterocycles. The van der Waals surface area contributed by atoms with Crippen molar-refractivity contribution in [1.29, 1.82) is 0 Å². The number of pyridine rings is 1. The molecule has 2 aromatic rings. The molecule has 0 fully saturated rings. The lowest BCUT2D eigenvalue weighted by atomic mass is 10.1. The molecule has 2 heterocycles. The van der Waals surface area contributed by atoms with Crippen molar-refractivity contribution in [1.82, 2.24) is 25.6 Å². The van der Waals surface area contributed by atoms with Gasteiger partial charge in [-0.1, -0.05) is 0 Å².